The summed E-state index contributed by atoms with van der Waals surface area (Å²) in [5.41, 5.74) is 2.36. The number of hydrogen-bond donors (Lipinski definition) is 1. The van der Waals surface area contributed by atoms with Gasteiger partial charge in [-0.1, -0.05) is 19.9 Å². The molecular formula is C16H22N2O. The first-order valence-electron chi connectivity index (χ1n) is 6.97. The van der Waals surface area contributed by atoms with E-state index in [0.29, 0.717) is 0 Å². The minimum absolute atomic E-state index is 0.193. The lowest BCUT2D eigenvalue weighted by atomic mass is 10.0. The van der Waals surface area contributed by atoms with Crippen LogP contribution in [0.5, 0.6) is 0 Å². The lowest BCUT2D eigenvalue weighted by molar-refractivity contribution is 0.395. The minimum Gasteiger partial charge on any atom is -0.464 e. The van der Waals surface area contributed by atoms with Crippen molar-refractivity contribution in [3.05, 3.63) is 53.2 Å². The molecule has 3 nitrogen and oxygen atoms in total. The summed E-state index contributed by atoms with van der Waals surface area (Å²) in [4.78, 5) is 4.47. The number of furan rings is 1. The molecule has 0 saturated heterocycles. The second-order valence-corrected chi connectivity index (χ2v) is 4.74. The highest BCUT2D eigenvalue weighted by atomic mass is 16.3. The van der Waals surface area contributed by atoms with Crippen molar-refractivity contribution in [2.45, 2.75) is 39.7 Å². The average Bonchev–Trinajstić information content (AvgIpc) is 2.89. The molecule has 2 aromatic heterocycles. The molecular weight excluding hydrogens is 236 g/mol. The summed E-state index contributed by atoms with van der Waals surface area (Å²) >= 11 is 0. The number of hydrogen-bond acceptors (Lipinski definition) is 3. The van der Waals surface area contributed by atoms with Crippen molar-refractivity contribution in [3.8, 4) is 0 Å². The Morgan fingerprint density at radius 3 is 2.74 bits per heavy atom. The number of aryl methyl sites for hydroxylation is 2. The fraction of sp³-hybridized carbons (Fsp3) is 0.438. The van der Waals surface area contributed by atoms with Gasteiger partial charge < -0.3 is 9.73 Å². The van der Waals surface area contributed by atoms with E-state index in [-0.39, 0.29) is 6.04 Å². The van der Waals surface area contributed by atoms with E-state index >= 15 is 0 Å². The highest BCUT2D eigenvalue weighted by Crippen LogP contribution is 2.21. The number of nitrogens with one attached hydrogen (secondary N) is 1. The third-order valence-corrected chi connectivity index (χ3v) is 3.34. The van der Waals surface area contributed by atoms with Crippen LogP contribution < -0.4 is 5.32 Å². The molecule has 0 aliphatic heterocycles. The van der Waals surface area contributed by atoms with E-state index in [4.69, 9.17) is 4.42 Å². The first kappa shape index (κ1) is 13.8. The molecule has 0 aliphatic carbocycles. The molecule has 1 unspecified atom stereocenters. The molecule has 2 rings (SSSR count). The number of nitrogens with zero attached hydrogens (tertiary/aromatic N) is 1. The van der Waals surface area contributed by atoms with Crippen LogP contribution in [-0.4, -0.2) is 11.5 Å². The zero-order chi connectivity index (χ0) is 13.7. The molecule has 0 aliphatic rings. The quantitative estimate of drug-likeness (QED) is 0.862. The number of aromatic nitrogens is 1. The van der Waals surface area contributed by atoms with Gasteiger partial charge in [0, 0.05) is 24.7 Å². The van der Waals surface area contributed by atoms with Gasteiger partial charge in [0.15, 0.2) is 0 Å². The van der Waals surface area contributed by atoms with Crippen molar-refractivity contribution in [1.29, 1.82) is 0 Å². The summed E-state index contributed by atoms with van der Waals surface area (Å²) in [6.45, 7) is 7.24. The zero-order valence-corrected chi connectivity index (χ0v) is 11.9. The van der Waals surface area contributed by atoms with Gasteiger partial charge in [-0.2, -0.15) is 0 Å². The first-order valence-corrected chi connectivity index (χ1v) is 6.97. The van der Waals surface area contributed by atoms with Gasteiger partial charge in [-0.05, 0) is 37.2 Å². The Balaban J connectivity index is 2.18. The second-order valence-electron chi connectivity index (χ2n) is 4.74. The fourth-order valence-electron chi connectivity index (χ4n) is 2.22. The van der Waals surface area contributed by atoms with Crippen LogP contribution >= 0.6 is 0 Å². The van der Waals surface area contributed by atoms with E-state index < -0.39 is 0 Å². The monoisotopic (exact) mass is 258 g/mol. The molecule has 102 valence electrons. The van der Waals surface area contributed by atoms with Gasteiger partial charge in [0.25, 0.3) is 0 Å². The number of likely N-dealkylation sites (N-methyl/N-ethyl adjacent to an activating group) is 1. The van der Waals surface area contributed by atoms with Gasteiger partial charge in [-0.3, -0.25) is 4.98 Å². The van der Waals surface area contributed by atoms with Gasteiger partial charge in [0.1, 0.15) is 11.5 Å². The second kappa shape index (κ2) is 6.53. The molecule has 1 atom stereocenters. The normalized spacial score (nSPS) is 12.6. The van der Waals surface area contributed by atoms with E-state index in [9.17, 15) is 0 Å². The van der Waals surface area contributed by atoms with Gasteiger partial charge >= 0.3 is 0 Å². The Kier molecular flexibility index (Phi) is 4.74. The molecule has 19 heavy (non-hydrogen) atoms. The first-order chi connectivity index (χ1) is 9.24. The van der Waals surface area contributed by atoms with Crippen molar-refractivity contribution < 1.29 is 4.42 Å². The molecule has 0 saturated carbocycles. The highest BCUT2D eigenvalue weighted by molar-refractivity contribution is 5.21. The van der Waals surface area contributed by atoms with E-state index in [1.165, 1.54) is 5.56 Å². The number of rotatable bonds is 6. The van der Waals surface area contributed by atoms with Crippen LogP contribution in [-0.2, 0) is 12.8 Å². The molecule has 2 heterocycles. The molecule has 1 N–H and O–H groups in total. The van der Waals surface area contributed by atoms with Crippen LogP contribution in [0, 0.1) is 6.92 Å². The summed E-state index contributed by atoms with van der Waals surface area (Å²) in [7, 11) is 0. The Bertz CT molecular complexity index is 519. The standard InChI is InChI=1S/C16H22N2O/c1-4-13-8-9-16(19-13)15(17-5-2)11-14-12(3)7-6-10-18-14/h6-10,15,17H,4-5,11H2,1-3H3. The Morgan fingerprint density at radius 1 is 1.26 bits per heavy atom. The SMILES string of the molecule is CCNC(Cc1ncccc1C)c1ccc(CC)o1. The van der Waals surface area contributed by atoms with Crippen LogP contribution in [0.25, 0.3) is 0 Å². The maximum atomic E-state index is 5.87. The fourth-order valence-corrected chi connectivity index (χ4v) is 2.22. The van der Waals surface area contributed by atoms with E-state index in [1.54, 1.807) is 0 Å². The van der Waals surface area contributed by atoms with Gasteiger partial charge in [0.2, 0.25) is 0 Å². The predicted octanol–water partition coefficient (Wildman–Crippen LogP) is 3.44. The van der Waals surface area contributed by atoms with E-state index in [0.717, 1.165) is 36.6 Å². The Labute approximate surface area is 115 Å². The van der Waals surface area contributed by atoms with Crippen LogP contribution in [0.1, 0.15) is 42.7 Å². The molecule has 0 spiro atoms. The topological polar surface area (TPSA) is 38.1 Å². The Morgan fingerprint density at radius 2 is 2.11 bits per heavy atom. The van der Waals surface area contributed by atoms with E-state index in [1.807, 2.05) is 12.3 Å². The Hall–Kier alpha value is -1.61. The van der Waals surface area contributed by atoms with Crippen molar-refractivity contribution in [2.24, 2.45) is 0 Å². The molecule has 0 aromatic carbocycles. The lowest BCUT2D eigenvalue weighted by Crippen LogP contribution is -2.23. The molecule has 0 amide bonds. The summed E-state index contributed by atoms with van der Waals surface area (Å²) in [5.74, 6) is 2.04. The third kappa shape index (κ3) is 3.44. The largest absolute Gasteiger partial charge is 0.464 e. The summed E-state index contributed by atoms with van der Waals surface area (Å²) in [6, 6.07) is 8.41. The molecule has 2 aromatic rings. The molecule has 0 fully saturated rings. The maximum Gasteiger partial charge on any atom is 0.121 e. The summed E-state index contributed by atoms with van der Waals surface area (Å²) in [6.07, 6.45) is 3.64. The number of pyridine rings is 1. The maximum absolute atomic E-state index is 5.87. The molecule has 0 bridgehead atoms. The van der Waals surface area contributed by atoms with Gasteiger partial charge in [-0.15, -0.1) is 0 Å². The summed E-state index contributed by atoms with van der Waals surface area (Å²) in [5, 5.41) is 3.48. The zero-order valence-electron chi connectivity index (χ0n) is 11.9. The van der Waals surface area contributed by atoms with Crippen molar-refractivity contribution >= 4 is 0 Å². The van der Waals surface area contributed by atoms with E-state index in [2.05, 4.69) is 49.3 Å². The minimum atomic E-state index is 0.193. The van der Waals surface area contributed by atoms with Crippen LogP contribution in [0.4, 0.5) is 0 Å². The predicted molar refractivity (Wildman–Crippen MR) is 77.2 cm³/mol. The molecule has 0 radical (unpaired) electrons. The highest BCUT2D eigenvalue weighted by Gasteiger charge is 2.16. The van der Waals surface area contributed by atoms with Crippen molar-refractivity contribution in [1.82, 2.24) is 10.3 Å². The lowest BCUT2D eigenvalue weighted by Gasteiger charge is -2.16. The molecule has 3 heteroatoms. The summed E-state index contributed by atoms with van der Waals surface area (Å²) < 4.78 is 5.87. The van der Waals surface area contributed by atoms with Crippen molar-refractivity contribution in [2.75, 3.05) is 6.54 Å². The van der Waals surface area contributed by atoms with Crippen LogP contribution in [0.3, 0.4) is 0 Å². The smallest absolute Gasteiger partial charge is 0.121 e. The van der Waals surface area contributed by atoms with Crippen LogP contribution in [0.15, 0.2) is 34.9 Å². The van der Waals surface area contributed by atoms with Crippen molar-refractivity contribution in [3.63, 3.8) is 0 Å². The van der Waals surface area contributed by atoms with Gasteiger partial charge in [-0.25, -0.2) is 0 Å². The third-order valence-electron chi connectivity index (χ3n) is 3.34. The van der Waals surface area contributed by atoms with Gasteiger partial charge in [0.05, 0.1) is 6.04 Å². The van der Waals surface area contributed by atoms with Crippen LogP contribution in [0.2, 0.25) is 0 Å². The average molecular weight is 258 g/mol.